The molecule has 11 heteroatoms. The summed E-state index contributed by atoms with van der Waals surface area (Å²) in [5, 5.41) is 7.59. The molecule has 3 aromatic rings. The van der Waals surface area contributed by atoms with Gasteiger partial charge in [-0.15, -0.1) is 0 Å². The molecule has 0 saturated carbocycles. The van der Waals surface area contributed by atoms with Gasteiger partial charge in [0.05, 0.1) is 11.7 Å². The molecule has 1 saturated heterocycles. The van der Waals surface area contributed by atoms with E-state index in [1.807, 2.05) is 31.4 Å². The summed E-state index contributed by atoms with van der Waals surface area (Å²) in [4.78, 5) is 33.1. The van der Waals surface area contributed by atoms with Crippen LogP contribution in [0.15, 0.2) is 36.8 Å². The number of aromatic nitrogens is 4. The summed E-state index contributed by atoms with van der Waals surface area (Å²) in [6, 6.07) is 5.67. The van der Waals surface area contributed by atoms with E-state index in [2.05, 4.69) is 20.4 Å². The number of hydrogen-bond acceptors (Lipinski definition) is 5. The van der Waals surface area contributed by atoms with Crippen molar-refractivity contribution in [3.05, 3.63) is 36.8 Å². The SMILES string of the molecule is Cn1cc(-c2ccc3cnc(NC(=O)C4CCN(C(=O)C(F)(F)F)CC4)nc3c2)cn1. The second kappa shape index (κ2) is 7.97. The number of hydrogen-bond donors (Lipinski definition) is 1. The molecule has 3 heterocycles. The van der Waals surface area contributed by atoms with E-state index in [0.717, 1.165) is 21.4 Å². The van der Waals surface area contributed by atoms with E-state index in [4.69, 9.17) is 0 Å². The van der Waals surface area contributed by atoms with Crippen LogP contribution in [-0.4, -0.2) is 55.7 Å². The molecule has 2 aromatic heterocycles. The molecule has 31 heavy (non-hydrogen) atoms. The highest BCUT2D eigenvalue weighted by molar-refractivity contribution is 5.92. The van der Waals surface area contributed by atoms with Gasteiger partial charge in [0.15, 0.2) is 0 Å². The molecular weight excluding hydrogens is 413 g/mol. The van der Waals surface area contributed by atoms with Crippen LogP contribution in [0, 0.1) is 5.92 Å². The minimum absolute atomic E-state index is 0.120. The summed E-state index contributed by atoms with van der Waals surface area (Å²) in [5.41, 5.74) is 2.48. The third kappa shape index (κ3) is 4.49. The predicted octanol–water partition coefficient (Wildman–Crippen LogP) is 2.77. The normalized spacial score (nSPS) is 15.3. The molecule has 162 valence electrons. The zero-order valence-electron chi connectivity index (χ0n) is 16.6. The van der Waals surface area contributed by atoms with E-state index in [-0.39, 0.29) is 37.8 Å². The Morgan fingerprint density at radius 3 is 2.52 bits per heavy atom. The van der Waals surface area contributed by atoms with Crippen molar-refractivity contribution in [2.45, 2.75) is 19.0 Å². The van der Waals surface area contributed by atoms with Crippen LogP contribution in [-0.2, 0) is 16.6 Å². The molecule has 0 bridgehead atoms. The summed E-state index contributed by atoms with van der Waals surface area (Å²) in [6.45, 7) is -0.243. The Hall–Kier alpha value is -3.50. The smallest absolute Gasteiger partial charge is 0.335 e. The lowest BCUT2D eigenvalue weighted by atomic mass is 9.96. The van der Waals surface area contributed by atoms with Gasteiger partial charge in [-0.3, -0.25) is 19.6 Å². The van der Waals surface area contributed by atoms with E-state index < -0.39 is 18.0 Å². The molecular formula is C20H19F3N6O2. The molecule has 1 aliphatic heterocycles. The molecule has 1 aromatic carbocycles. The maximum Gasteiger partial charge on any atom is 0.471 e. The van der Waals surface area contributed by atoms with E-state index in [0.29, 0.717) is 5.52 Å². The van der Waals surface area contributed by atoms with Crippen LogP contribution in [0.3, 0.4) is 0 Å². The number of nitrogens with zero attached hydrogens (tertiary/aromatic N) is 5. The first-order valence-corrected chi connectivity index (χ1v) is 9.63. The minimum atomic E-state index is -4.90. The van der Waals surface area contributed by atoms with Crippen molar-refractivity contribution in [3.63, 3.8) is 0 Å². The first kappa shape index (κ1) is 20.8. The number of aryl methyl sites for hydroxylation is 1. The molecule has 1 fully saturated rings. The van der Waals surface area contributed by atoms with Crippen LogP contribution in [0.2, 0.25) is 0 Å². The first-order chi connectivity index (χ1) is 14.7. The molecule has 0 aliphatic carbocycles. The number of carbonyl (C=O) groups is 2. The van der Waals surface area contributed by atoms with Gasteiger partial charge < -0.3 is 4.90 Å². The van der Waals surface area contributed by atoms with Gasteiger partial charge in [-0.1, -0.05) is 12.1 Å². The van der Waals surface area contributed by atoms with Crippen molar-refractivity contribution in [1.29, 1.82) is 0 Å². The third-order valence-electron chi connectivity index (χ3n) is 5.25. The number of anilines is 1. The lowest BCUT2D eigenvalue weighted by Gasteiger charge is -2.31. The number of likely N-dealkylation sites (tertiary alicyclic amines) is 1. The van der Waals surface area contributed by atoms with Crippen LogP contribution in [0.4, 0.5) is 19.1 Å². The number of amides is 2. The van der Waals surface area contributed by atoms with Crippen molar-refractivity contribution >= 4 is 28.7 Å². The maximum atomic E-state index is 12.6. The minimum Gasteiger partial charge on any atom is -0.335 e. The second-order valence-electron chi connectivity index (χ2n) is 7.42. The number of halogens is 3. The number of benzene rings is 1. The average Bonchev–Trinajstić information content (AvgIpc) is 3.18. The Balaban J connectivity index is 1.43. The number of alkyl halides is 3. The fourth-order valence-electron chi connectivity index (χ4n) is 3.57. The zero-order chi connectivity index (χ0) is 22.2. The fraction of sp³-hybridized carbons (Fsp3) is 0.350. The van der Waals surface area contributed by atoms with Gasteiger partial charge in [0.1, 0.15) is 0 Å². The highest BCUT2D eigenvalue weighted by Crippen LogP contribution is 2.26. The molecule has 0 unspecified atom stereocenters. The van der Waals surface area contributed by atoms with Gasteiger partial charge in [-0.25, -0.2) is 9.97 Å². The van der Waals surface area contributed by atoms with E-state index in [1.165, 1.54) is 0 Å². The quantitative estimate of drug-likeness (QED) is 0.687. The maximum absolute atomic E-state index is 12.6. The molecule has 0 radical (unpaired) electrons. The zero-order valence-corrected chi connectivity index (χ0v) is 16.6. The predicted molar refractivity (Wildman–Crippen MR) is 106 cm³/mol. The van der Waals surface area contributed by atoms with Crippen molar-refractivity contribution in [2.24, 2.45) is 13.0 Å². The molecule has 0 spiro atoms. The highest BCUT2D eigenvalue weighted by atomic mass is 19.4. The van der Waals surface area contributed by atoms with Crippen LogP contribution in [0.25, 0.3) is 22.0 Å². The summed E-state index contributed by atoms with van der Waals surface area (Å²) in [7, 11) is 1.82. The van der Waals surface area contributed by atoms with E-state index in [9.17, 15) is 22.8 Å². The largest absolute Gasteiger partial charge is 0.471 e. The van der Waals surface area contributed by atoms with Gasteiger partial charge >= 0.3 is 12.1 Å². The number of carbonyl (C=O) groups excluding carboxylic acids is 2. The summed E-state index contributed by atoms with van der Waals surface area (Å²) >= 11 is 0. The van der Waals surface area contributed by atoms with E-state index >= 15 is 0 Å². The Labute approximate surface area is 175 Å². The number of fused-ring (bicyclic) bond motifs is 1. The number of rotatable bonds is 3. The van der Waals surface area contributed by atoms with Crippen LogP contribution in [0.5, 0.6) is 0 Å². The highest BCUT2D eigenvalue weighted by Gasteiger charge is 2.43. The van der Waals surface area contributed by atoms with Crippen molar-refractivity contribution in [3.8, 4) is 11.1 Å². The third-order valence-corrected chi connectivity index (χ3v) is 5.25. The van der Waals surface area contributed by atoms with Gasteiger partial charge in [-0.05, 0) is 24.5 Å². The average molecular weight is 432 g/mol. The number of piperidine rings is 1. The fourth-order valence-corrected chi connectivity index (χ4v) is 3.57. The Bertz CT molecular complexity index is 1140. The lowest BCUT2D eigenvalue weighted by Crippen LogP contribution is -2.46. The summed E-state index contributed by atoms with van der Waals surface area (Å²) < 4.78 is 39.3. The molecule has 8 nitrogen and oxygen atoms in total. The number of nitrogens with one attached hydrogen (secondary N) is 1. The Kier molecular flexibility index (Phi) is 5.34. The standard InChI is InChI=1S/C20H19F3N6O2/c1-28-11-15(10-25-28)13-2-3-14-9-24-19(26-16(14)8-13)27-17(30)12-4-6-29(7-5-12)18(31)20(21,22)23/h2-3,8-12H,4-7H2,1H3,(H,24,26,27,30). The van der Waals surface area contributed by atoms with Crippen molar-refractivity contribution in [1.82, 2.24) is 24.6 Å². The van der Waals surface area contributed by atoms with E-state index in [1.54, 1.807) is 17.1 Å². The topological polar surface area (TPSA) is 93.0 Å². The lowest BCUT2D eigenvalue weighted by molar-refractivity contribution is -0.186. The molecule has 0 atom stereocenters. The van der Waals surface area contributed by atoms with Crippen LogP contribution < -0.4 is 5.32 Å². The Morgan fingerprint density at radius 1 is 1.13 bits per heavy atom. The van der Waals surface area contributed by atoms with Crippen LogP contribution in [0.1, 0.15) is 12.8 Å². The summed E-state index contributed by atoms with van der Waals surface area (Å²) in [5.74, 6) is -2.64. The second-order valence-corrected chi connectivity index (χ2v) is 7.42. The summed E-state index contributed by atoms with van der Waals surface area (Å²) in [6.07, 6.45) is 0.596. The van der Waals surface area contributed by atoms with Gasteiger partial charge in [0.2, 0.25) is 11.9 Å². The first-order valence-electron chi connectivity index (χ1n) is 9.63. The molecule has 1 N–H and O–H groups in total. The Morgan fingerprint density at radius 2 is 1.87 bits per heavy atom. The molecule has 1 aliphatic rings. The molecule has 4 rings (SSSR count). The van der Waals surface area contributed by atoms with Crippen molar-refractivity contribution < 1.29 is 22.8 Å². The van der Waals surface area contributed by atoms with Gasteiger partial charge in [0, 0.05) is 49.4 Å². The van der Waals surface area contributed by atoms with Crippen molar-refractivity contribution in [2.75, 3.05) is 18.4 Å². The van der Waals surface area contributed by atoms with Gasteiger partial charge in [0.25, 0.3) is 0 Å². The monoisotopic (exact) mass is 432 g/mol. The molecule has 2 amide bonds. The van der Waals surface area contributed by atoms with Crippen LogP contribution >= 0.6 is 0 Å². The van der Waals surface area contributed by atoms with Gasteiger partial charge in [-0.2, -0.15) is 18.3 Å².